The molecule has 0 bridgehead atoms. The first-order valence-corrected chi connectivity index (χ1v) is 5.69. The van der Waals surface area contributed by atoms with Crippen molar-refractivity contribution in [3.63, 3.8) is 0 Å². The lowest BCUT2D eigenvalue weighted by molar-refractivity contribution is 1.11. The molecule has 0 radical (unpaired) electrons. The van der Waals surface area contributed by atoms with E-state index < -0.39 is 0 Å². The molecule has 3 aromatic rings. The van der Waals surface area contributed by atoms with Crippen LogP contribution in [0.25, 0.3) is 17.0 Å². The molecule has 0 unspecified atom stereocenters. The van der Waals surface area contributed by atoms with Crippen molar-refractivity contribution in [3.8, 4) is 11.4 Å². The molecule has 0 atom stereocenters. The Bertz CT molecular complexity index is 688. The third-order valence-electron chi connectivity index (χ3n) is 2.64. The summed E-state index contributed by atoms with van der Waals surface area (Å²) in [6, 6.07) is 11.8. The van der Waals surface area contributed by atoms with Crippen LogP contribution in [0.15, 0.2) is 42.6 Å². The minimum atomic E-state index is 0.672. The average molecular weight is 244 g/mol. The summed E-state index contributed by atoms with van der Waals surface area (Å²) in [7, 11) is 0. The normalized spacial score (nSPS) is 10.9. The molecular formula is C13H10ClN3. The van der Waals surface area contributed by atoms with Gasteiger partial charge in [-0.2, -0.15) is 0 Å². The lowest BCUT2D eigenvalue weighted by Crippen LogP contribution is -1.89. The van der Waals surface area contributed by atoms with Crippen molar-refractivity contribution in [1.82, 2.24) is 14.6 Å². The fourth-order valence-corrected chi connectivity index (χ4v) is 2.01. The van der Waals surface area contributed by atoms with Gasteiger partial charge < -0.3 is 0 Å². The number of halogens is 1. The first-order valence-electron chi connectivity index (χ1n) is 5.31. The van der Waals surface area contributed by atoms with Crippen LogP contribution in [0.1, 0.15) is 5.56 Å². The van der Waals surface area contributed by atoms with Crippen molar-refractivity contribution in [1.29, 1.82) is 0 Å². The lowest BCUT2D eigenvalue weighted by Gasteiger charge is -2.01. The van der Waals surface area contributed by atoms with Gasteiger partial charge in [0.2, 0.25) is 0 Å². The van der Waals surface area contributed by atoms with E-state index in [2.05, 4.69) is 29.3 Å². The van der Waals surface area contributed by atoms with Crippen LogP contribution in [-0.2, 0) is 0 Å². The van der Waals surface area contributed by atoms with Gasteiger partial charge in [0, 0.05) is 11.8 Å². The van der Waals surface area contributed by atoms with Gasteiger partial charge in [-0.05, 0) is 25.1 Å². The van der Waals surface area contributed by atoms with Gasteiger partial charge in [-0.15, -0.1) is 10.2 Å². The smallest absolute Gasteiger partial charge is 0.168 e. The Morgan fingerprint density at radius 2 is 2.00 bits per heavy atom. The van der Waals surface area contributed by atoms with E-state index in [-0.39, 0.29) is 0 Å². The van der Waals surface area contributed by atoms with Gasteiger partial charge in [-0.25, -0.2) is 0 Å². The fraction of sp³-hybridized carbons (Fsp3) is 0.0769. The number of benzene rings is 1. The van der Waals surface area contributed by atoms with Gasteiger partial charge in [0.15, 0.2) is 11.5 Å². The largest absolute Gasteiger partial charge is 0.281 e. The third-order valence-corrected chi connectivity index (χ3v) is 2.87. The standard InChI is InChI=1S/C13H10ClN3/c1-9-3-2-4-10(7-9)13-16-15-12-6-5-11(14)8-17(12)13/h2-8H,1H3. The minimum absolute atomic E-state index is 0.672. The molecule has 84 valence electrons. The summed E-state index contributed by atoms with van der Waals surface area (Å²) in [5.74, 6) is 0.811. The molecule has 0 saturated heterocycles. The summed E-state index contributed by atoms with van der Waals surface area (Å²) in [6.45, 7) is 2.06. The summed E-state index contributed by atoms with van der Waals surface area (Å²) in [5, 5.41) is 8.99. The molecule has 4 heteroatoms. The SMILES string of the molecule is Cc1cccc(-c2nnc3ccc(Cl)cn23)c1. The van der Waals surface area contributed by atoms with Crippen LogP contribution in [-0.4, -0.2) is 14.6 Å². The summed E-state index contributed by atoms with van der Waals surface area (Å²) in [6.07, 6.45) is 1.83. The maximum Gasteiger partial charge on any atom is 0.168 e. The van der Waals surface area contributed by atoms with Gasteiger partial charge in [-0.3, -0.25) is 4.40 Å². The Morgan fingerprint density at radius 3 is 2.82 bits per heavy atom. The molecule has 0 fully saturated rings. The first-order chi connectivity index (χ1) is 8.24. The molecular weight excluding hydrogens is 234 g/mol. The van der Waals surface area contributed by atoms with E-state index in [0.29, 0.717) is 5.02 Å². The van der Waals surface area contributed by atoms with Gasteiger partial charge in [-0.1, -0.05) is 35.4 Å². The second-order valence-corrected chi connectivity index (χ2v) is 4.41. The molecule has 2 heterocycles. The Kier molecular flexibility index (Phi) is 2.34. The molecule has 0 spiro atoms. The Labute approximate surface area is 104 Å². The van der Waals surface area contributed by atoms with Crippen LogP contribution >= 0.6 is 11.6 Å². The Hall–Kier alpha value is -1.87. The Balaban J connectivity index is 2.27. The van der Waals surface area contributed by atoms with Gasteiger partial charge >= 0.3 is 0 Å². The average Bonchev–Trinajstić information content (AvgIpc) is 2.71. The van der Waals surface area contributed by atoms with Crippen molar-refractivity contribution in [3.05, 3.63) is 53.2 Å². The number of rotatable bonds is 1. The van der Waals surface area contributed by atoms with E-state index in [1.807, 2.05) is 34.9 Å². The molecule has 0 saturated carbocycles. The van der Waals surface area contributed by atoms with Gasteiger partial charge in [0.25, 0.3) is 0 Å². The molecule has 3 nitrogen and oxygen atoms in total. The van der Waals surface area contributed by atoms with E-state index >= 15 is 0 Å². The third kappa shape index (κ3) is 1.78. The highest BCUT2D eigenvalue weighted by atomic mass is 35.5. The van der Waals surface area contributed by atoms with Crippen LogP contribution < -0.4 is 0 Å². The van der Waals surface area contributed by atoms with Crippen LogP contribution in [0.2, 0.25) is 5.02 Å². The molecule has 0 N–H and O–H groups in total. The number of aromatic nitrogens is 3. The highest BCUT2D eigenvalue weighted by Crippen LogP contribution is 2.20. The van der Waals surface area contributed by atoms with E-state index in [1.54, 1.807) is 0 Å². The lowest BCUT2D eigenvalue weighted by atomic mass is 10.1. The summed E-state index contributed by atoms with van der Waals surface area (Å²) >= 11 is 5.99. The molecule has 0 amide bonds. The van der Waals surface area contributed by atoms with Crippen molar-refractivity contribution in [2.75, 3.05) is 0 Å². The van der Waals surface area contributed by atoms with Gasteiger partial charge in [0.1, 0.15) is 0 Å². The minimum Gasteiger partial charge on any atom is -0.281 e. The number of pyridine rings is 1. The number of aryl methyl sites for hydroxylation is 1. The summed E-state index contributed by atoms with van der Waals surface area (Å²) in [4.78, 5) is 0. The molecule has 0 aliphatic heterocycles. The topological polar surface area (TPSA) is 30.2 Å². The zero-order valence-corrected chi connectivity index (χ0v) is 10.0. The van der Waals surface area contributed by atoms with Gasteiger partial charge in [0.05, 0.1) is 5.02 Å². The van der Waals surface area contributed by atoms with Crippen molar-refractivity contribution in [2.24, 2.45) is 0 Å². The molecule has 17 heavy (non-hydrogen) atoms. The summed E-state index contributed by atoms with van der Waals surface area (Å²) < 4.78 is 1.90. The predicted octanol–water partition coefficient (Wildman–Crippen LogP) is 3.36. The monoisotopic (exact) mass is 243 g/mol. The number of nitrogens with zero attached hydrogens (tertiary/aromatic N) is 3. The number of hydrogen-bond acceptors (Lipinski definition) is 2. The first kappa shape index (κ1) is 10.3. The Morgan fingerprint density at radius 1 is 1.12 bits per heavy atom. The maximum atomic E-state index is 5.99. The highest BCUT2D eigenvalue weighted by Gasteiger charge is 2.07. The summed E-state index contributed by atoms with van der Waals surface area (Å²) in [5.41, 5.74) is 3.03. The second kappa shape index (κ2) is 3.86. The van der Waals surface area contributed by atoms with Crippen LogP contribution in [0.5, 0.6) is 0 Å². The zero-order chi connectivity index (χ0) is 11.8. The van der Waals surface area contributed by atoms with Crippen LogP contribution in [0.3, 0.4) is 0 Å². The van der Waals surface area contributed by atoms with Crippen molar-refractivity contribution >= 4 is 17.2 Å². The highest BCUT2D eigenvalue weighted by molar-refractivity contribution is 6.30. The van der Waals surface area contributed by atoms with E-state index in [0.717, 1.165) is 17.0 Å². The van der Waals surface area contributed by atoms with E-state index in [9.17, 15) is 0 Å². The predicted molar refractivity (Wildman–Crippen MR) is 68.2 cm³/mol. The maximum absolute atomic E-state index is 5.99. The van der Waals surface area contributed by atoms with E-state index in [1.165, 1.54) is 5.56 Å². The number of fused-ring (bicyclic) bond motifs is 1. The van der Waals surface area contributed by atoms with Crippen LogP contribution in [0, 0.1) is 6.92 Å². The van der Waals surface area contributed by atoms with Crippen molar-refractivity contribution in [2.45, 2.75) is 6.92 Å². The zero-order valence-electron chi connectivity index (χ0n) is 9.26. The van der Waals surface area contributed by atoms with Crippen LogP contribution in [0.4, 0.5) is 0 Å². The quantitative estimate of drug-likeness (QED) is 0.656. The second-order valence-electron chi connectivity index (χ2n) is 3.97. The molecule has 2 aromatic heterocycles. The fourth-order valence-electron chi connectivity index (χ4n) is 1.85. The van der Waals surface area contributed by atoms with E-state index in [4.69, 9.17) is 11.6 Å². The molecule has 0 aliphatic rings. The molecule has 0 aliphatic carbocycles. The van der Waals surface area contributed by atoms with Crippen molar-refractivity contribution < 1.29 is 0 Å². The molecule has 1 aromatic carbocycles. The molecule has 3 rings (SSSR count). The number of hydrogen-bond donors (Lipinski definition) is 0.